The summed E-state index contributed by atoms with van der Waals surface area (Å²) in [6.45, 7) is 0. The SMILES string of the molecule is O=C(C=Cc1ccccc1)C(=Cc1ccccc1)OC(C(=O)O)C(=O)O. The van der Waals surface area contributed by atoms with E-state index in [4.69, 9.17) is 14.9 Å². The summed E-state index contributed by atoms with van der Waals surface area (Å²) in [5.41, 5.74) is 1.33. The third-order valence-electron chi connectivity index (χ3n) is 3.26. The van der Waals surface area contributed by atoms with Crippen LogP contribution in [0.4, 0.5) is 0 Å². The molecule has 2 aromatic carbocycles. The summed E-state index contributed by atoms with van der Waals surface area (Å²) in [5, 5.41) is 18.0. The highest BCUT2D eigenvalue weighted by molar-refractivity contribution is 6.08. The van der Waals surface area contributed by atoms with Crippen LogP contribution in [0.3, 0.4) is 0 Å². The molecule has 0 aliphatic rings. The fourth-order valence-corrected chi connectivity index (χ4v) is 2.02. The number of carbonyl (C=O) groups is 3. The molecule has 2 rings (SSSR count). The lowest BCUT2D eigenvalue weighted by molar-refractivity contribution is -0.162. The van der Waals surface area contributed by atoms with Crippen molar-refractivity contribution >= 4 is 29.9 Å². The Morgan fingerprint density at radius 3 is 1.81 bits per heavy atom. The average Bonchev–Trinajstić information content (AvgIpc) is 2.64. The van der Waals surface area contributed by atoms with Gasteiger partial charge in [-0.05, 0) is 23.3 Å². The first kappa shape index (κ1) is 18.7. The van der Waals surface area contributed by atoms with E-state index in [1.807, 2.05) is 6.07 Å². The Hall–Kier alpha value is -3.67. The molecule has 0 bridgehead atoms. The van der Waals surface area contributed by atoms with Gasteiger partial charge in [-0.3, -0.25) is 4.79 Å². The van der Waals surface area contributed by atoms with Crippen molar-refractivity contribution < 1.29 is 29.3 Å². The van der Waals surface area contributed by atoms with Crippen molar-refractivity contribution in [2.24, 2.45) is 0 Å². The number of carbonyl (C=O) groups excluding carboxylic acids is 1. The topological polar surface area (TPSA) is 101 Å². The molecule has 0 radical (unpaired) electrons. The van der Waals surface area contributed by atoms with Gasteiger partial charge in [-0.25, -0.2) is 9.59 Å². The van der Waals surface area contributed by atoms with E-state index >= 15 is 0 Å². The summed E-state index contributed by atoms with van der Waals surface area (Å²) < 4.78 is 4.99. The van der Waals surface area contributed by atoms with E-state index in [-0.39, 0.29) is 5.76 Å². The summed E-state index contributed by atoms with van der Waals surface area (Å²) >= 11 is 0. The molecule has 0 fully saturated rings. The van der Waals surface area contributed by atoms with E-state index in [2.05, 4.69) is 0 Å². The third kappa shape index (κ3) is 5.45. The lowest BCUT2D eigenvalue weighted by Gasteiger charge is -2.12. The van der Waals surface area contributed by atoms with Crippen molar-refractivity contribution in [3.8, 4) is 0 Å². The lowest BCUT2D eigenvalue weighted by atomic mass is 10.1. The Labute approximate surface area is 149 Å². The van der Waals surface area contributed by atoms with Crippen LogP contribution in [0.25, 0.3) is 12.2 Å². The lowest BCUT2D eigenvalue weighted by Crippen LogP contribution is -2.33. The predicted octanol–water partition coefficient (Wildman–Crippen LogP) is 2.86. The minimum atomic E-state index is -2.18. The fourth-order valence-electron chi connectivity index (χ4n) is 2.02. The van der Waals surface area contributed by atoms with E-state index in [1.165, 1.54) is 18.2 Å². The van der Waals surface area contributed by atoms with Crippen LogP contribution in [0.15, 0.2) is 72.5 Å². The van der Waals surface area contributed by atoms with Gasteiger partial charge in [0.15, 0.2) is 5.76 Å². The average molecular weight is 352 g/mol. The van der Waals surface area contributed by atoms with E-state index in [0.717, 1.165) is 5.56 Å². The van der Waals surface area contributed by atoms with Crippen LogP contribution in [0.5, 0.6) is 0 Å². The molecule has 0 spiro atoms. The highest BCUT2D eigenvalue weighted by Crippen LogP contribution is 2.14. The third-order valence-corrected chi connectivity index (χ3v) is 3.26. The molecule has 6 heteroatoms. The molecule has 0 unspecified atom stereocenters. The van der Waals surface area contributed by atoms with Gasteiger partial charge in [0.2, 0.25) is 5.78 Å². The van der Waals surface area contributed by atoms with Crippen molar-refractivity contribution in [3.05, 3.63) is 83.6 Å². The smallest absolute Gasteiger partial charge is 0.356 e. The van der Waals surface area contributed by atoms with Crippen molar-refractivity contribution in [1.29, 1.82) is 0 Å². The molecule has 0 aliphatic carbocycles. The number of carboxylic acid groups (broad SMARTS) is 2. The van der Waals surface area contributed by atoms with E-state index < -0.39 is 23.8 Å². The molecule has 26 heavy (non-hydrogen) atoms. The first-order valence-corrected chi connectivity index (χ1v) is 7.64. The van der Waals surface area contributed by atoms with E-state index in [9.17, 15) is 14.4 Å². The zero-order valence-corrected chi connectivity index (χ0v) is 13.6. The van der Waals surface area contributed by atoms with Crippen LogP contribution in [0.1, 0.15) is 11.1 Å². The zero-order chi connectivity index (χ0) is 18.9. The van der Waals surface area contributed by atoms with Crippen molar-refractivity contribution in [2.45, 2.75) is 6.10 Å². The fraction of sp³-hybridized carbons (Fsp3) is 0.0500. The molecule has 132 valence electrons. The molecule has 0 saturated carbocycles. The number of aliphatic carboxylic acids is 2. The number of hydrogen-bond acceptors (Lipinski definition) is 4. The van der Waals surface area contributed by atoms with Gasteiger partial charge in [0.1, 0.15) is 0 Å². The Morgan fingerprint density at radius 1 is 0.808 bits per heavy atom. The summed E-state index contributed by atoms with van der Waals surface area (Å²) in [6, 6.07) is 17.5. The van der Waals surface area contributed by atoms with Gasteiger partial charge >= 0.3 is 11.9 Å². The van der Waals surface area contributed by atoms with E-state index in [1.54, 1.807) is 54.6 Å². The van der Waals surface area contributed by atoms with Crippen molar-refractivity contribution in [2.75, 3.05) is 0 Å². The summed E-state index contributed by atoms with van der Waals surface area (Å²) in [5.74, 6) is -4.42. The number of benzene rings is 2. The number of ether oxygens (including phenoxy) is 1. The minimum absolute atomic E-state index is 0.377. The molecule has 0 atom stereocenters. The molecule has 0 saturated heterocycles. The Balaban J connectivity index is 2.32. The van der Waals surface area contributed by atoms with Gasteiger partial charge in [0.25, 0.3) is 6.10 Å². The number of rotatable bonds is 8. The zero-order valence-electron chi connectivity index (χ0n) is 13.6. The number of hydrogen-bond donors (Lipinski definition) is 2. The second-order valence-corrected chi connectivity index (χ2v) is 5.20. The summed E-state index contributed by atoms with van der Waals surface area (Å²) in [4.78, 5) is 34.6. The molecule has 0 aromatic heterocycles. The molecular weight excluding hydrogens is 336 g/mol. The minimum Gasteiger partial charge on any atom is -0.478 e. The second-order valence-electron chi connectivity index (χ2n) is 5.20. The highest BCUT2D eigenvalue weighted by Gasteiger charge is 2.30. The van der Waals surface area contributed by atoms with Gasteiger partial charge < -0.3 is 14.9 Å². The van der Waals surface area contributed by atoms with Crippen LogP contribution in [0.2, 0.25) is 0 Å². The van der Waals surface area contributed by atoms with Gasteiger partial charge in [0.05, 0.1) is 0 Å². The van der Waals surface area contributed by atoms with Crippen LogP contribution >= 0.6 is 0 Å². The van der Waals surface area contributed by atoms with Crippen LogP contribution in [-0.4, -0.2) is 34.0 Å². The standard InChI is InChI=1S/C20H16O6/c21-16(12-11-14-7-3-1-4-8-14)17(13-15-9-5-2-6-10-15)26-18(19(22)23)20(24)25/h1-13,18H,(H,22,23)(H,24,25). The maximum Gasteiger partial charge on any atom is 0.356 e. The maximum absolute atomic E-state index is 12.4. The van der Waals surface area contributed by atoms with Crippen LogP contribution in [0, 0.1) is 0 Å². The second kappa shape index (κ2) is 8.98. The summed E-state index contributed by atoms with van der Waals surface area (Å²) in [6.07, 6.45) is 1.85. The predicted molar refractivity (Wildman–Crippen MR) is 95.0 cm³/mol. The Morgan fingerprint density at radius 2 is 1.31 bits per heavy atom. The molecule has 2 aromatic rings. The largest absolute Gasteiger partial charge is 0.478 e. The quantitative estimate of drug-likeness (QED) is 0.430. The summed E-state index contributed by atoms with van der Waals surface area (Å²) in [7, 11) is 0. The first-order chi connectivity index (χ1) is 12.5. The molecule has 6 nitrogen and oxygen atoms in total. The molecule has 0 amide bonds. The Kier molecular flexibility index (Phi) is 6.45. The molecular formula is C20H16O6. The Bertz CT molecular complexity index is 823. The monoisotopic (exact) mass is 352 g/mol. The molecule has 0 heterocycles. The normalized spacial score (nSPS) is 11.5. The van der Waals surface area contributed by atoms with Gasteiger partial charge in [-0.1, -0.05) is 66.7 Å². The number of carboxylic acids is 2. The molecule has 2 N–H and O–H groups in total. The first-order valence-electron chi connectivity index (χ1n) is 7.64. The maximum atomic E-state index is 12.4. The molecule has 0 aliphatic heterocycles. The van der Waals surface area contributed by atoms with Crippen molar-refractivity contribution in [3.63, 3.8) is 0 Å². The van der Waals surface area contributed by atoms with Gasteiger partial charge in [-0.15, -0.1) is 0 Å². The highest BCUT2D eigenvalue weighted by atomic mass is 16.5. The number of allylic oxidation sites excluding steroid dienone is 1. The van der Waals surface area contributed by atoms with Crippen LogP contribution in [-0.2, 0) is 19.1 Å². The van der Waals surface area contributed by atoms with Crippen LogP contribution < -0.4 is 0 Å². The van der Waals surface area contributed by atoms with Gasteiger partial charge in [0, 0.05) is 0 Å². The van der Waals surface area contributed by atoms with Crippen molar-refractivity contribution in [1.82, 2.24) is 0 Å². The van der Waals surface area contributed by atoms with Gasteiger partial charge in [-0.2, -0.15) is 0 Å². The number of ketones is 1. The van der Waals surface area contributed by atoms with E-state index in [0.29, 0.717) is 5.56 Å².